The van der Waals surface area contributed by atoms with Crippen molar-refractivity contribution >= 4 is 5.82 Å². The van der Waals surface area contributed by atoms with Gasteiger partial charge in [0.1, 0.15) is 0 Å². The van der Waals surface area contributed by atoms with E-state index in [0.717, 1.165) is 32.4 Å². The Bertz CT molecular complexity index is 1040. The number of hydrogen-bond donors (Lipinski definition) is 1. The van der Waals surface area contributed by atoms with Crippen molar-refractivity contribution in [3.05, 3.63) is 24.0 Å². The zero-order valence-electron chi connectivity index (χ0n) is 20.5. The number of fused-ring (bicyclic) bond motifs is 1. The maximum Gasteiger partial charge on any atom is 0.573 e. The standard InChI is InChI=1S/C25H34F3N5O2/c1-4-14(2)33-21(12-20(31-33)15-9-22(24(29)30-13-15)35-25(26,27)28)23-18-10-16(11-19(18)23)32-7-5-17(34-3)6-8-32/h9,12-14,16-19,23H,4-8,10-11H2,1-3H3,(H2,29,30). The second-order valence-corrected chi connectivity index (χ2v) is 10.3. The molecule has 0 spiro atoms. The molecule has 0 radical (unpaired) electrons. The molecule has 1 saturated heterocycles. The van der Waals surface area contributed by atoms with E-state index in [9.17, 15) is 13.2 Å². The number of halogens is 3. The van der Waals surface area contributed by atoms with Crippen molar-refractivity contribution in [2.45, 2.75) is 76.4 Å². The Hall–Kier alpha value is -2.33. The number of piperidine rings is 1. The molecular weight excluding hydrogens is 459 g/mol. The summed E-state index contributed by atoms with van der Waals surface area (Å²) in [4.78, 5) is 6.56. The van der Waals surface area contributed by atoms with Crippen molar-refractivity contribution in [3.8, 4) is 17.0 Å². The van der Waals surface area contributed by atoms with E-state index in [4.69, 9.17) is 15.6 Å². The van der Waals surface area contributed by atoms with Crippen LogP contribution in [0.5, 0.6) is 5.75 Å². The Kier molecular flexibility index (Phi) is 6.46. The largest absolute Gasteiger partial charge is 0.573 e. The Morgan fingerprint density at radius 1 is 1.17 bits per heavy atom. The lowest BCUT2D eigenvalue weighted by atomic mass is 9.99. The molecule has 2 aromatic heterocycles. The third kappa shape index (κ3) is 4.87. The summed E-state index contributed by atoms with van der Waals surface area (Å²) in [6.07, 6.45) is 2.52. The summed E-state index contributed by atoms with van der Waals surface area (Å²) >= 11 is 0. The predicted molar refractivity (Wildman–Crippen MR) is 126 cm³/mol. The molecule has 1 aliphatic heterocycles. The number of anilines is 1. The smallest absolute Gasteiger partial charge is 0.402 e. The predicted octanol–water partition coefficient (Wildman–Crippen LogP) is 5.00. The van der Waals surface area contributed by atoms with Crippen molar-refractivity contribution in [1.29, 1.82) is 0 Å². The molecule has 0 bridgehead atoms. The Morgan fingerprint density at radius 2 is 1.86 bits per heavy atom. The molecule has 5 rings (SSSR count). The highest BCUT2D eigenvalue weighted by Crippen LogP contribution is 2.64. The van der Waals surface area contributed by atoms with Crippen LogP contribution < -0.4 is 10.5 Å². The minimum atomic E-state index is -4.84. The first-order valence-corrected chi connectivity index (χ1v) is 12.6. The second-order valence-electron chi connectivity index (χ2n) is 10.3. The van der Waals surface area contributed by atoms with Gasteiger partial charge in [-0.05, 0) is 63.0 Å². The van der Waals surface area contributed by atoms with E-state index >= 15 is 0 Å². The molecule has 3 fully saturated rings. The molecule has 3 unspecified atom stereocenters. The maximum atomic E-state index is 12.8. The van der Waals surface area contributed by atoms with Crippen molar-refractivity contribution in [1.82, 2.24) is 19.7 Å². The van der Waals surface area contributed by atoms with Gasteiger partial charge in [-0.15, -0.1) is 13.2 Å². The number of aromatic nitrogens is 3. The molecule has 2 aromatic rings. The molecule has 7 nitrogen and oxygen atoms in total. The molecule has 192 valence electrons. The zero-order valence-corrected chi connectivity index (χ0v) is 20.5. The summed E-state index contributed by atoms with van der Waals surface area (Å²) < 4.78 is 50.0. The SMILES string of the molecule is CCC(C)n1nc(-c2cnc(N)c(OC(F)(F)F)c2)cc1C1C2CC(N3CCC(OC)CC3)CC21. The van der Waals surface area contributed by atoms with Crippen LogP contribution in [0.3, 0.4) is 0 Å². The van der Waals surface area contributed by atoms with E-state index in [0.29, 0.717) is 41.2 Å². The maximum absolute atomic E-state index is 12.8. The number of alkyl halides is 3. The van der Waals surface area contributed by atoms with Crippen LogP contribution in [0.4, 0.5) is 19.0 Å². The van der Waals surface area contributed by atoms with Crippen LogP contribution in [0.25, 0.3) is 11.3 Å². The lowest BCUT2D eigenvalue weighted by molar-refractivity contribution is -0.274. The first-order chi connectivity index (χ1) is 16.7. The van der Waals surface area contributed by atoms with Crippen molar-refractivity contribution in [2.75, 3.05) is 25.9 Å². The number of likely N-dealkylation sites (tertiary alicyclic amines) is 1. The highest BCUT2D eigenvalue weighted by Gasteiger charge is 2.58. The minimum absolute atomic E-state index is 0.191. The van der Waals surface area contributed by atoms with Gasteiger partial charge in [-0.25, -0.2) is 4.98 Å². The number of nitrogen functional groups attached to an aromatic ring is 1. The van der Waals surface area contributed by atoms with E-state index in [1.165, 1.54) is 30.8 Å². The summed E-state index contributed by atoms with van der Waals surface area (Å²) in [5, 5.41) is 4.81. The van der Waals surface area contributed by atoms with Crippen LogP contribution >= 0.6 is 0 Å². The van der Waals surface area contributed by atoms with Gasteiger partial charge < -0.3 is 20.1 Å². The third-order valence-corrected chi connectivity index (χ3v) is 8.26. The quantitative estimate of drug-likeness (QED) is 0.585. The lowest BCUT2D eigenvalue weighted by Gasteiger charge is -2.36. The Morgan fingerprint density at radius 3 is 2.46 bits per heavy atom. The van der Waals surface area contributed by atoms with Gasteiger partial charge in [-0.1, -0.05) is 6.92 Å². The number of methoxy groups -OCH3 is 1. The van der Waals surface area contributed by atoms with Gasteiger partial charge in [0, 0.05) is 55.7 Å². The van der Waals surface area contributed by atoms with Gasteiger partial charge in [-0.3, -0.25) is 4.68 Å². The highest BCUT2D eigenvalue weighted by molar-refractivity contribution is 5.64. The molecule has 2 saturated carbocycles. The van der Waals surface area contributed by atoms with Crippen LogP contribution in [-0.2, 0) is 4.74 Å². The number of nitrogens with two attached hydrogens (primary N) is 1. The summed E-state index contributed by atoms with van der Waals surface area (Å²) in [6.45, 7) is 6.45. The van der Waals surface area contributed by atoms with Gasteiger partial charge in [0.25, 0.3) is 0 Å². The van der Waals surface area contributed by atoms with E-state index in [2.05, 4.69) is 33.2 Å². The summed E-state index contributed by atoms with van der Waals surface area (Å²) in [5.74, 6) is 0.927. The first kappa shape index (κ1) is 24.4. The third-order valence-electron chi connectivity index (χ3n) is 8.26. The molecule has 3 aliphatic rings. The summed E-state index contributed by atoms with van der Waals surface area (Å²) in [5.41, 5.74) is 7.86. The van der Waals surface area contributed by atoms with Crippen LogP contribution in [0.15, 0.2) is 18.3 Å². The number of pyridine rings is 1. The fraction of sp³-hybridized carbons (Fsp3) is 0.680. The number of rotatable bonds is 7. The van der Waals surface area contributed by atoms with Crippen molar-refractivity contribution in [2.24, 2.45) is 11.8 Å². The van der Waals surface area contributed by atoms with Crippen LogP contribution in [-0.4, -0.2) is 58.4 Å². The van der Waals surface area contributed by atoms with Gasteiger partial charge >= 0.3 is 6.36 Å². The molecule has 3 heterocycles. The fourth-order valence-corrected chi connectivity index (χ4v) is 6.15. The Labute approximate surface area is 203 Å². The van der Waals surface area contributed by atoms with Crippen LogP contribution in [0.1, 0.15) is 63.6 Å². The number of hydrogen-bond acceptors (Lipinski definition) is 6. The molecular formula is C25H34F3N5O2. The van der Waals surface area contributed by atoms with Gasteiger partial charge in [0.05, 0.1) is 11.8 Å². The lowest BCUT2D eigenvalue weighted by Crippen LogP contribution is -2.42. The molecule has 10 heteroatoms. The van der Waals surface area contributed by atoms with Crippen LogP contribution in [0, 0.1) is 11.8 Å². The van der Waals surface area contributed by atoms with Crippen molar-refractivity contribution < 1.29 is 22.6 Å². The molecule has 0 amide bonds. The van der Waals surface area contributed by atoms with E-state index in [-0.39, 0.29) is 11.9 Å². The number of ether oxygens (including phenoxy) is 2. The first-order valence-electron chi connectivity index (χ1n) is 12.6. The summed E-state index contributed by atoms with van der Waals surface area (Å²) in [7, 11) is 1.80. The van der Waals surface area contributed by atoms with Crippen LogP contribution in [0.2, 0.25) is 0 Å². The van der Waals surface area contributed by atoms with Gasteiger partial charge in [0.2, 0.25) is 0 Å². The van der Waals surface area contributed by atoms with E-state index in [1.54, 1.807) is 7.11 Å². The second kappa shape index (κ2) is 9.28. The normalized spacial score (nSPS) is 28.2. The molecule has 2 aliphatic carbocycles. The van der Waals surface area contributed by atoms with E-state index < -0.39 is 12.1 Å². The summed E-state index contributed by atoms with van der Waals surface area (Å²) in [6, 6.07) is 4.13. The Balaban J connectivity index is 1.34. The fourth-order valence-electron chi connectivity index (χ4n) is 6.15. The molecule has 0 aromatic carbocycles. The molecule has 35 heavy (non-hydrogen) atoms. The molecule has 2 N–H and O–H groups in total. The number of nitrogens with zero attached hydrogens (tertiary/aromatic N) is 4. The zero-order chi connectivity index (χ0) is 24.9. The van der Waals surface area contributed by atoms with E-state index in [1.807, 2.05) is 6.07 Å². The monoisotopic (exact) mass is 493 g/mol. The highest BCUT2D eigenvalue weighted by atomic mass is 19.4. The average Bonchev–Trinajstić information content (AvgIpc) is 3.17. The van der Waals surface area contributed by atoms with Crippen molar-refractivity contribution in [3.63, 3.8) is 0 Å². The topological polar surface area (TPSA) is 78.4 Å². The molecule has 3 atom stereocenters. The minimum Gasteiger partial charge on any atom is -0.402 e. The van der Waals surface area contributed by atoms with Gasteiger partial charge in [-0.2, -0.15) is 5.10 Å². The van der Waals surface area contributed by atoms with Gasteiger partial charge in [0.15, 0.2) is 11.6 Å². The average molecular weight is 494 g/mol.